The van der Waals surface area contributed by atoms with Gasteiger partial charge < -0.3 is 13.8 Å². The number of amides is 1. The third kappa shape index (κ3) is 3.55. The topological polar surface area (TPSA) is 59.5 Å². The lowest BCUT2D eigenvalue weighted by molar-refractivity contribution is -0.134. The van der Waals surface area contributed by atoms with Crippen LogP contribution in [0, 0.1) is 20.8 Å². The van der Waals surface area contributed by atoms with Crippen LogP contribution < -0.4 is 0 Å². The van der Waals surface area contributed by atoms with Gasteiger partial charge in [0.2, 0.25) is 5.91 Å². The average molecular weight is 330 g/mol. The largest absolute Gasteiger partial charge is 0.464 e. The summed E-state index contributed by atoms with van der Waals surface area (Å²) in [5.41, 5.74) is 1.94. The van der Waals surface area contributed by atoms with Gasteiger partial charge in [-0.1, -0.05) is 18.0 Å². The van der Waals surface area contributed by atoms with Gasteiger partial charge in [-0.15, -0.1) is 0 Å². The SMILES string of the molecule is Cc1ccc([C@H]2CCCCCN2C(=O)CCc2c(C)noc2C)o1. The van der Waals surface area contributed by atoms with Gasteiger partial charge in [0.15, 0.2) is 0 Å². The second-order valence-corrected chi connectivity index (χ2v) is 6.70. The summed E-state index contributed by atoms with van der Waals surface area (Å²) in [4.78, 5) is 14.9. The molecule has 1 atom stereocenters. The van der Waals surface area contributed by atoms with E-state index in [1.807, 2.05) is 37.8 Å². The molecule has 5 nitrogen and oxygen atoms in total. The minimum Gasteiger partial charge on any atom is -0.464 e. The first-order chi connectivity index (χ1) is 11.6. The predicted molar refractivity (Wildman–Crippen MR) is 90.7 cm³/mol. The van der Waals surface area contributed by atoms with Gasteiger partial charge in [0.05, 0.1) is 11.7 Å². The van der Waals surface area contributed by atoms with Gasteiger partial charge in [-0.3, -0.25) is 4.79 Å². The van der Waals surface area contributed by atoms with Crippen molar-refractivity contribution in [1.29, 1.82) is 0 Å². The quantitative estimate of drug-likeness (QED) is 0.840. The highest BCUT2D eigenvalue weighted by Crippen LogP contribution is 2.32. The summed E-state index contributed by atoms with van der Waals surface area (Å²) in [5, 5.41) is 3.97. The van der Waals surface area contributed by atoms with E-state index < -0.39 is 0 Å². The Balaban J connectivity index is 1.72. The fourth-order valence-electron chi connectivity index (χ4n) is 3.57. The van der Waals surface area contributed by atoms with Crippen molar-refractivity contribution in [1.82, 2.24) is 10.1 Å². The molecule has 2 aromatic rings. The maximum atomic E-state index is 12.9. The monoisotopic (exact) mass is 330 g/mol. The maximum absolute atomic E-state index is 12.9. The molecule has 130 valence electrons. The van der Waals surface area contributed by atoms with Crippen LogP contribution in [0.1, 0.15) is 66.7 Å². The normalized spacial score (nSPS) is 18.6. The summed E-state index contributed by atoms with van der Waals surface area (Å²) in [7, 11) is 0. The Bertz CT molecular complexity index is 682. The number of carbonyl (C=O) groups is 1. The van der Waals surface area contributed by atoms with E-state index in [0.29, 0.717) is 12.8 Å². The Morgan fingerprint density at radius 1 is 1.25 bits per heavy atom. The summed E-state index contributed by atoms with van der Waals surface area (Å²) in [5.74, 6) is 2.82. The van der Waals surface area contributed by atoms with E-state index in [9.17, 15) is 4.79 Å². The highest BCUT2D eigenvalue weighted by atomic mass is 16.5. The number of rotatable bonds is 4. The molecular formula is C19H26N2O3. The van der Waals surface area contributed by atoms with Gasteiger partial charge >= 0.3 is 0 Å². The molecule has 0 N–H and O–H groups in total. The van der Waals surface area contributed by atoms with Gasteiger partial charge in [-0.25, -0.2) is 0 Å². The molecular weight excluding hydrogens is 304 g/mol. The van der Waals surface area contributed by atoms with E-state index in [-0.39, 0.29) is 11.9 Å². The molecule has 3 heterocycles. The Labute approximate surface area is 143 Å². The molecule has 2 aromatic heterocycles. The second-order valence-electron chi connectivity index (χ2n) is 6.70. The Morgan fingerprint density at radius 2 is 2.08 bits per heavy atom. The predicted octanol–water partition coefficient (Wildman–Crippen LogP) is 4.27. The lowest BCUT2D eigenvalue weighted by Crippen LogP contribution is -2.34. The number of aryl methyl sites for hydroxylation is 3. The van der Waals surface area contributed by atoms with Crippen LogP contribution in [0.25, 0.3) is 0 Å². The van der Waals surface area contributed by atoms with Crippen LogP contribution in [-0.4, -0.2) is 22.5 Å². The highest BCUT2D eigenvalue weighted by molar-refractivity contribution is 5.77. The smallest absolute Gasteiger partial charge is 0.223 e. The van der Waals surface area contributed by atoms with Crippen molar-refractivity contribution in [3.05, 3.63) is 40.7 Å². The van der Waals surface area contributed by atoms with Crippen LogP contribution in [-0.2, 0) is 11.2 Å². The first-order valence-corrected chi connectivity index (χ1v) is 8.84. The molecule has 24 heavy (non-hydrogen) atoms. The standard InChI is InChI=1S/C19H26N2O3/c1-13-8-10-18(23-13)17-7-5-4-6-12-21(17)19(22)11-9-16-14(2)20-24-15(16)3/h8,10,17H,4-7,9,11-12H2,1-3H3/t17-/m1/s1. The number of hydrogen-bond donors (Lipinski definition) is 0. The lowest BCUT2D eigenvalue weighted by atomic mass is 10.1. The summed E-state index contributed by atoms with van der Waals surface area (Å²) in [6.45, 7) is 6.59. The minimum atomic E-state index is 0.0679. The van der Waals surface area contributed by atoms with Crippen molar-refractivity contribution in [3.63, 3.8) is 0 Å². The molecule has 0 bridgehead atoms. The number of hydrogen-bond acceptors (Lipinski definition) is 4. The number of furan rings is 1. The molecule has 0 unspecified atom stereocenters. The van der Waals surface area contributed by atoms with Gasteiger partial charge in [0.1, 0.15) is 17.3 Å². The fourth-order valence-corrected chi connectivity index (χ4v) is 3.57. The van der Waals surface area contributed by atoms with Gasteiger partial charge in [-0.05, 0) is 52.2 Å². The number of likely N-dealkylation sites (tertiary alicyclic amines) is 1. The zero-order chi connectivity index (χ0) is 17.1. The zero-order valence-electron chi connectivity index (χ0n) is 14.8. The average Bonchev–Trinajstić information content (AvgIpc) is 3.02. The summed E-state index contributed by atoms with van der Waals surface area (Å²) in [6.07, 6.45) is 5.51. The number of nitrogens with zero attached hydrogens (tertiary/aromatic N) is 2. The molecule has 1 fully saturated rings. The van der Waals surface area contributed by atoms with E-state index >= 15 is 0 Å². The summed E-state index contributed by atoms with van der Waals surface area (Å²) < 4.78 is 11.0. The Hall–Kier alpha value is -2.04. The van der Waals surface area contributed by atoms with Crippen LogP contribution in [0.3, 0.4) is 0 Å². The first-order valence-electron chi connectivity index (χ1n) is 8.84. The van der Waals surface area contributed by atoms with E-state index in [1.165, 1.54) is 6.42 Å². The van der Waals surface area contributed by atoms with Crippen LogP contribution in [0.2, 0.25) is 0 Å². The zero-order valence-corrected chi connectivity index (χ0v) is 14.8. The third-order valence-corrected chi connectivity index (χ3v) is 4.93. The first kappa shape index (κ1) is 16.8. The van der Waals surface area contributed by atoms with Crippen LogP contribution >= 0.6 is 0 Å². The van der Waals surface area contributed by atoms with Gasteiger partial charge in [0.25, 0.3) is 0 Å². The van der Waals surface area contributed by atoms with E-state index in [1.54, 1.807) is 0 Å². The van der Waals surface area contributed by atoms with Crippen molar-refractivity contribution in [2.45, 2.75) is 65.3 Å². The summed E-state index contributed by atoms with van der Waals surface area (Å²) >= 11 is 0. The van der Waals surface area contributed by atoms with Gasteiger partial charge in [-0.2, -0.15) is 0 Å². The van der Waals surface area contributed by atoms with Gasteiger partial charge in [0, 0.05) is 18.5 Å². The van der Waals surface area contributed by atoms with Crippen LogP contribution in [0.4, 0.5) is 0 Å². The third-order valence-electron chi connectivity index (χ3n) is 4.93. The van der Waals surface area contributed by atoms with Crippen molar-refractivity contribution in [3.8, 4) is 0 Å². The van der Waals surface area contributed by atoms with Crippen molar-refractivity contribution < 1.29 is 13.7 Å². The van der Waals surface area contributed by atoms with Crippen LogP contribution in [0.15, 0.2) is 21.1 Å². The highest BCUT2D eigenvalue weighted by Gasteiger charge is 2.28. The fraction of sp³-hybridized carbons (Fsp3) is 0.579. The Morgan fingerprint density at radius 3 is 2.75 bits per heavy atom. The molecule has 0 radical (unpaired) electrons. The van der Waals surface area contributed by atoms with Crippen LogP contribution in [0.5, 0.6) is 0 Å². The second kappa shape index (κ2) is 7.24. The van der Waals surface area contributed by atoms with Crippen molar-refractivity contribution >= 4 is 5.91 Å². The summed E-state index contributed by atoms with van der Waals surface area (Å²) in [6, 6.07) is 4.06. The molecule has 1 aliphatic rings. The Kier molecular flexibility index (Phi) is 5.07. The molecule has 1 amide bonds. The number of aromatic nitrogens is 1. The van der Waals surface area contributed by atoms with Crippen molar-refractivity contribution in [2.24, 2.45) is 0 Å². The molecule has 5 heteroatoms. The molecule has 0 aliphatic carbocycles. The minimum absolute atomic E-state index is 0.0679. The molecule has 0 spiro atoms. The maximum Gasteiger partial charge on any atom is 0.223 e. The number of carbonyl (C=O) groups excluding carboxylic acids is 1. The molecule has 0 aromatic carbocycles. The van der Waals surface area contributed by atoms with E-state index in [0.717, 1.165) is 54.3 Å². The van der Waals surface area contributed by atoms with E-state index in [4.69, 9.17) is 8.94 Å². The molecule has 1 saturated heterocycles. The molecule has 0 saturated carbocycles. The molecule has 3 rings (SSSR count). The molecule has 1 aliphatic heterocycles. The van der Waals surface area contributed by atoms with E-state index in [2.05, 4.69) is 5.16 Å². The van der Waals surface area contributed by atoms with Crippen molar-refractivity contribution in [2.75, 3.05) is 6.54 Å². The lowest BCUT2D eigenvalue weighted by Gasteiger charge is -2.29.